The average Bonchev–Trinajstić information content (AvgIpc) is 3.07. The maximum atomic E-state index is 13.6. The second-order valence-electron chi connectivity index (χ2n) is 8.93. The van der Waals surface area contributed by atoms with Crippen molar-refractivity contribution >= 4 is 21.8 Å². The molecule has 0 aromatic heterocycles. The van der Waals surface area contributed by atoms with Gasteiger partial charge in [-0.3, -0.25) is 9.59 Å². The van der Waals surface area contributed by atoms with E-state index in [1.54, 1.807) is 19.1 Å². The van der Waals surface area contributed by atoms with Crippen molar-refractivity contribution in [2.45, 2.75) is 68.9 Å². The summed E-state index contributed by atoms with van der Waals surface area (Å²) in [5, 5.41) is 6.52. The Labute approximate surface area is 196 Å². The molecule has 184 valence electrons. The lowest BCUT2D eigenvalue weighted by Gasteiger charge is -2.31. The number of nitrogens with one attached hydrogen (secondary N) is 2. The Bertz CT molecular complexity index is 892. The molecule has 2 aliphatic heterocycles. The molecule has 33 heavy (non-hydrogen) atoms. The topological polar surface area (TPSA) is 131 Å². The zero-order valence-corrected chi connectivity index (χ0v) is 20.1. The van der Waals surface area contributed by atoms with Gasteiger partial charge in [-0.25, -0.2) is 12.7 Å². The predicted octanol–water partition coefficient (Wildman–Crippen LogP) is 1.38. The minimum atomic E-state index is -4.07. The molecule has 4 N–H and O–H groups in total. The van der Waals surface area contributed by atoms with Gasteiger partial charge in [-0.05, 0) is 76.0 Å². The van der Waals surface area contributed by atoms with Crippen LogP contribution in [0.3, 0.4) is 0 Å². The van der Waals surface area contributed by atoms with Crippen molar-refractivity contribution in [2.24, 2.45) is 11.7 Å². The molecule has 0 spiro atoms. The standard InChI is InChI=1S/C23H36N4O5S/c1-17(23(24)29)5-10-22(28)27(18-4-2-3-13-26-16-18)33(30,31)21-8-6-19(7-9-21)32-20-11-14-25-15-12-20/h6-9,17-18,20,25-26H,2-5,10-16H2,1H3,(H2,24,29)/t17?,18-/m0/s1. The predicted molar refractivity (Wildman–Crippen MR) is 125 cm³/mol. The lowest BCUT2D eigenvalue weighted by Crippen LogP contribution is -2.48. The minimum absolute atomic E-state index is 0.0562. The maximum absolute atomic E-state index is 13.6. The van der Waals surface area contributed by atoms with Gasteiger partial charge < -0.3 is 21.1 Å². The molecule has 2 aliphatic rings. The molecule has 1 unspecified atom stereocenters. The summed E-state index contributed by atoms with van der Waals surface area (Å²) in [6.07, 6.45) is 4.43. The molecule has 2 amide bonds. The molecule has 2 saturated heterocycles. The second kappa shape index (κ2) is 11.8. The molecular formula is C23H36N4O5S. The van der Waals surface area contributed by atoms with Crippen LogP contribution in [0.25, 0.3) is 0 Å². The highest BCUT2D eigenvalue weighted by atomic mass is 32.2. The van der Waals surface area contributed by atoms with Gasteiger partial charge in [0.15, 0.2) is 0 Å². The van der Waals surface area contributed by atoms with Crippen molar-refractivity contribution in [3.63, 3.8) is 0 Å². The largest absolute Gasteiger partial charge is 0.490 e. The highest BCUT2D eigenvalue weighted by Crippen LogP contribution is 2.26. The van der Waals surface area contributed by atoms with Gasteiger partial charge in [-0.2, -0.15) is 0 Å². The van der Waals surface area contributed by atoms with E-state index in [0.717, 1.165) is 49.6 Å². The Hall–Kier alpha value is -2.17. The van der Waals surface area contributed by atoms with Crippen LogP contribution in [0.4, 0.5) is 0 Å². The highest BCUT2D eigenvalue weighted by Gasteiger charge is 2.36. The van der Waals surface area contributed by atoms with E-state index in [2.05, 4.69) is 10.6 Å². The Morgan fingerprint density at radius 1 is 1.09 bits per heavy atom. The van der Waals surface area contributed by atoms with E-state index in [4.69, 9.17) is 10.5 Å². The van der Waals surface area contributed by atoms with Crippen LogP contribution < -0.4 is 21.1 Å². The van der Waals surface area contributed by atoms with Gasteiger partial charge >= 0.3 is 0 Å². The first-order valence-electron chi connectivity index (χ1n) is 11.8. The third-order valence-corrected chi connectivity index (χ3v) is 8.23. The van der Waals surface area contributed by atoms with Gasteiger partial charge in [0.1, 0.15) is 11.9 Å². The molecule has 0 aliphatic carbocycles. The molecule has 2 fully saturated rings. The van der Waals surface area contributed by atoms with Crippen molar-refractivity contribution in [3.8, 4) is 5.75 Å². The quantitative estimate of drug-likeness (QED) is 0.487. The third kappa shape index (κ3) is 6.91. The van der Waals surface area contributed by atoms with Crippen LogP contribution in [0.5, 0.6) is 5.75 Å². The number of primary amides is 1. The number of nitrogens with zero attached hydrogens (tertiary/aromatic N) is 1. The molecular weight excluding hydrogens is 444 g/mol. The number of piperidine rings is 1. The number of rotatable bonds is 9. The Balaban J connectivity index is 1.79. The van der Waals surface area contributed by atoms with Crippen LogP contribution in [-0.2, 0) is 19.6 Å². The number of nitrogens with two attached hydrogens (primary N) is 1. The van der Waals surface area contributed by atoms with Crippen molar-refractivity contribution in [1.29, 1.82) is 0 Å². The molecule has 10 heteroatoms. The average molecular weight is 481 g/mol. The lowest BCUT2D eigenvalue weighted by atomic mass is 10.0. The highest BCUT2D eigenvalue weighted by molar-refractivity contribution is 7.89. The third-order valence-electron chi connectivity index (χ3n) is 6.34. The van der Waals surface area contributed by atoms with Crippen molar-refractivity contribution < 1.29 is 22.7 Å². The smallest absolute Gasteiger partial charge is 0.266 e. The summed E-state index contributed by atoms with van der Waals surface area (Å²) < 4.78 is 34.2. The van der Waals surface area contributed by atoms with Crippen LogP contribution >= 0.6 is 0 Å². The Morgan fingerprint density at radius 2 is 1.79 bits per heavy atom. The Kier molecular flexibility index (Phi) is 9.10. The number of ether oxygens (including phenoxy) is 1. The molecule has 0 saturated carbocycles. The van der Waals surface area contributed by atoms with Gasteiger partial charge in [0.2, 0.25) is 11.8 Å². The van der Waals surface area contributed by atoms with E-state index in [1.807, 2.05) is 0 Å². The Morgan fingerprint density at radius 3 is 2.45 bits per heavy atom. The lowest BCUT2D eigenvalue weighted by molar-refractivity contribution is -0.128. The van der Waals surface area contributed by atoms with Crippen LogP contribution in [0.15, 0.2) is 29.2 Å². The van der Waals surface area contributed by atoms with E-state index in [-0.39, 0.29) is 23.8 Å². The minimum Gasteiger partial charge on any atom is -0.490 e. The number of carbonyl (C=O) groups is 2. The number of hydrogen-bond donors (Lipinski definition) is 3. The van der Waals surface area contributed by atoms with Crippen LogP contribution in [0, 0.1) is 5.92 Å². The van der Waals surface area contributed by atoms with E-state index < -0.39 is 33.8 Å². The van der Waals surface area contributed by atoms with E-state index in [1.165, 1.54) is 12.1 Å². The molecule has 0 radical (unpaired) electrons. The summed E-state index contributed by atoms with van der Waals surface area (Å²) in [5.41, 5.74) is 5.31. The zero-order chi connectivity index (χ0) is 23.8. The van der Waals surface area contributed by atoms with Gasteiger partial charge in [0, 0.05) is 18.9 Å². The fraction of sp³-hybridized carbons (Fsp3) is 0.652. The number of hydrogen-bond acceptors (Lipinski definition) is 7. The normalized spacial score (nSPS) is 21.1. The van der Waals surface area contributed by atoms with Crippen LogP contribution in [-0.4, -0.2) is 62.9 Å². The molecule has 1 aromatic rings. The summed E-state index contributed by atoms with van der Waals surface area (Å²) in [7, 11) is -4.07. The van der Waals surface area contributed by atoms with E-state index in [0.29, 0.717) is 18.7 Å². The molecule has 1 aromatic carbocycles. The molecule has 0 bridgehead atoms. The fourth-order valence-electron chi connectivity index (χ4n) is 4.24. The fourth-order valence-corrected chi connectivity index (χ4v) is 5.88. The van der Waals surface area contributed by atoms with Crippen molar-refractivity contribution in [2.75, 3.05) is 26.2 Å². The summed E-state index contributed by atoms with van der Waals surface area (Å²) in [5.74, 6) is -0.896. The van der Waals surface area contributed by atoms with Crippen LogP contribution in [0.2, 0.25) is 0 Å². The van der Waals surface area contributed by atoms with Crippen molar-refractivity contribution in [1.82, 2.24) is 14.9 Å². The zero-order valence-electron chi connectivity index (χ0n) is 19.3. The monoisotopic (exact) mass is 480 g/mol. The summed E-state index contributed by atoms with van der Waals surface area (Å²) in [6, 6.07) is 5.83. The summed E-state index contributed by atoms with van der Waals surface area (Å²) >= 11 is 0. The molecule has 2 heterocycles. The van der Waals surface area contributed by atoms with Crippen LogP contribution in [0.1, 0.15) is 51.9 Å². The molecule has 9 nitrogen and oxygen atoms in total. The maximum Gasteiger partial charge on any atom is 0.266 e. The van der Waals surface area contributed by atoms with Gasteiger partial charge in [0.25, 0.3) is 10.0 Å². The van der Waals surface area contributed by atoms with Gasteiger partial charge in [0.05, 0.1) is 10.9 Å². The van der Waals surface area contributed by atoms with E-state index in [9.17, 15) is 18.0 Å². The number of amides is 2. The summed E-state index contributed by atoms with van der Waals surface area (Å²) in [6.45, 7) is 4.64. The second-order valence-corrected chi connectivity index (χ2v) is 10.7. The van der Waals surface area contributed by atoms with E-state index >= 15 is 0 Å². The van der Waals surface area contributed by atoms with Gasteiger partial charge in [-0.1, -0.05) is 13.3 Å². The molecule has 2 atom stereocenters. The van der Waals surface area contributed by atoms with Gasteiger partial charge in [-0.15, -0.1) is 0 Å². The first kappa shape index (κ1) is 25.5. The first-order valence-corrected chi connectivity index (χ1v) is 13.3. The number of sulfonamides is 1. The number of benzene rings is 1. The summed E-state index contributed by atoms with van der Waals surface area (Å²) in [4.78, 5) is 24.6. The molecule has 3 rings (SSSR count). The first-order chi connectivity index (χ1) is 15.8. The number of carbonyl (C=O) groups excluding carboxylic acids is 2. The SMILES string of the molecule is CC(CCC(=O)N([C@H]1CCCCNC1)S(=O)(=O)c1ccc(OC2CCNCC2)cc1)C(N)=O. The van der Waals surface area contributed by atoms with Crippen molar-refractivity contribution in [3.05, 3.63) is 24.3 Å².